The standard InChI is InChI=1S/C13H16BrN3/c1-15-8-7-10-9-16-17(2)13(10)11-5-3-4-6-12(11)14/h3-6,9,15H,7-8H2,1-2H3. The Kier molecular flexibility index (Phi) is 3.97. The fourth-order valence-electron chi connectivity index (χ4n) is 1.93. The number of hydrogen-bond acceptors (Lipinski definition) is 2. The van der Waals surface area contributed by atoms with E-state index in [4.69, 9.17) is 0 Å². The molecule has 0 bridgehead atoms. The van der Waals surface area contributed by atoms with Gasteiger partial charge >= 0.3 is 0 Å². The first-order chi connectivity index (χ1) is 8.24. The molecule has 90 valence electrons. The second-order valence-corrected chi connectivity index (χ2v) is 4.83. The molecule has 0 saturated heterocycles. The van der Waals surface area contributed by atoms with E-state index in [1.807, 2.05) is 31.0 Å². The largest absolute Gasteiger partial charge is 0.319 e. The third kappa shape index (κ3) is 2.58. The SMILES string of the molecule is CNCCc1cnn(C)c1-c1ccccc1Br. The van der Waals surface area contributed by atoms with Crippen LogP contribution < -0.4 is 5.32 Å². The van der Waals surface area contributed by atoms with E-state index < -0.39 is 0 Å². The lowest BCUT2D eigenvalue weighted by atomic mass is 10.1. The first-order valence-corrected chi connectivity index (χ1v) is 6.43. The molecule has 0 aliphatic heterocycles. The van der Waals surface area contributed by atoms with Gasteiger partial charge in [-0.15, -0.1) is 0 Å². The van der Waals surface area contributed by atoms with E-state index in [2.05, 4.69) is 44.5 Å². The summed E-state index contributed by atoms with van der Waals surface area (Å²) in [5, 5.41) is 7.53. The molecule has 0 amide bonds. The van der Waals surface area contributed by atoms with E-state index in [1.165, 1.54) is 16.8 Å². The molecule has 2 aromatic rings. The third-order valence-electron chi connectivity index (χ3n) is 2.79. The average Bonchev–Trinajstić information content (AvgIpc) is 2.69. The number of nitrogens with zero attached hydrogens (tertiary/aromatic N) is 2. The Bertz CT molecular complexity index is 505. The summed E-state index contributed by atoms with van der Waals surface area (Å²) >= 11 is 3.60. The maximum absolute atomic E-state index is 4.36. The van der Waals surface area contributed by atoms with Crippen LogP contribution in [-0.2, 0) is 13.5 Å². The van der Waals surface area contributed by atoms with Crippen LogP contribution in [0.3, 0.4) is 0 Å². The summed E-state index contributed by atoms with van der Waals surface area (Å²) < 4.78 is 3.04. The monoisotopic (exact) mass is 293 g/mol. The van der Waals surface area contributed by atoms with Gasteiger partial charge in [0.15, 0.2) is 0 Å². The fraction of sp³-hybridized carbons (Fsp3) is 0.308. The summed E-state index contributed by atoms with van der Waals surface area (Å²) in [6, 6.07) is 8.25. The van der Waals surface area contributed by atoms with Gasteiger partial charge in [0.05, 0.1) is 11.9 Å². The molecule has 1 aromatic heterocycles. The molecule has 0 fully saturated rings. The van der Waals surface area contributed by atoms with Crippen molar-refractivity contribution in [3.8, 4) is 11.3 Å². The van der Waals surface area contributed by atoms with Gasteiger partial charge in [-0.1, -0.05) is 34.1 Å². The maximum Gasteiger partial charge on any atom is 0.0722 e. The molecule has 4 heteroatoms. The van der Waals surface area contributed by atoms with E-state index in [-0.39, 0.29) is 0 Å². The van der Waals surface area contributed by atoms with Gasteiger partial charge in [-0.25, -0.2) is 0 Å². The zero-order chi connectivity index (χ0) is 12.3. The molecule has 3 nitrogen and oxygen atoms in total. The predicted octanol–water partition coefficient (Wildman–Crippen LogP) is 2.61. The van der Waals surface area contributed by atoms with Crippen LogP contribution in [0.15, 0.2) is 34.9 Å². The summed E-state index contributed by atoms with van der Waals surface area (Å²) in [6.45, 7) is 0.961. The highest BCUT2D eigenvalue weighted by Gasteiger charge is 2.12. The fourth-order valence-corrected chi connectivity index (χ4v) is 2.40. The number of nitrogens with one attached hydrogen (secondary N) is 1. The molecule has 1 heterocycles. The first kappa shape index (κ1) is 12.3. The first-order valence-electron chi connectivity index (χ1n) is 5.64. The van der Waals surface area contributed by atoms with Gasteiger partial charge < -0.3 is 5.32 Å². The van der Waals surface area contributed by atoms with Crippen LogP contribution in [0.5, 0.6) is 0 Å². The molecular formula is C13H16BrN3. The van der Waals surface area contributed by atoms with Gasteiger partial charge in [-0.05, 0) is 31.6 Å². The molecular weight excluding hydrogens is 278 g/mol. The van der Waals surface area contributed by atoms with Gasteiger partial charge in [0.2, 0.25) is 0 Å². The number of benzene rings is 1. The van der Waals surface area contributed by atoms with Crippen LogP contribution in [0, 0.1) is 0 Å². The van der Waals surface area contributed by atoms with Crippen LogP contribution in [0.1, 0.15) is 5.56 Å². The number of aryl methyl sites for hydroxylation is 1. The van der Waals surface area contributed by atoms with E-state index in [9.17, 15) is 0 Å². The molecule has 2 rings (SSSR count). The average molecular weight is 294 g/mol. The van der Waals surface area contributed by atoms with Gasteiger partial charge in [-0.2, -0.15) is 5.10 Å². The summed E-state index contributed by atoms with van der Waals surface area (Å²) in [5.74, 6) is 0. The van der Waals surface area contributed by atoms with Gasteiger partial charge in [0, 0.05) is 17.1 Å². The van der Waals surface area contributed by atoms with Crippen molar-refractivity contribution in [1.29, 1.82) is 0 Å². The van der Waals surface area contributed by atoms with Crippen LogP contribution >= 0.6 is 15.9 Å². The Hall–Kier alpha value is -1.13. The molecule has 1 aromatic carbocycles. The maximum atomic E-state index is 4.36. The van der Waals surface area contributed by atoms with Crippen molar-refractivity contribution in [3.05, 3.63) is 40.5 Å². The number of rotatable bonds is 4. The Morgan fingerprint density at radius 3 is 2.82 bits per heavy atom. The summed E-state index contributed by atoms with van der Waals surface area (Å²) in [4.78, 5) is 0. The topological polar surface area (TPSA) is 29.9 Å². The summed E-state index contributed by atoms with van der Waals surface area (Å²) in [5.41, 5.74) is 3.65. The highest BCUT2D eigenvalue weighted by Crippen LogP contribution is 2.30. The Balaban J connectivity index is 2.44. The lowest BCUT2D eigenvalue weighted by molar-refractivity contribution is 0.771. The number of aromatic nitrogens is 2. The Morgan fingerprint density at radius 2 is 2.12 bits per heavy atom. The highest BCUT2D eigenvalue weighted by atomic mass is 79.9. The van der Waals surface area contributed by atoms with E-state index in [1.54, 1.807) is 0 Å². The van der Waals surface area contributed by atoms with Crippen molar-refractivity contribution in [1.82, 2.24) is 15.1 Å². The van der Waals surface area contributed by atoms with Crippen LogP contribution in [0.4, 0.5) is 0 Å². The predicted molar refractivity (Wildman–Crippen MR) is 74.0 cm³/mol. The van der Waals surface area contributed by atoms with Crippen LogP contribution in [0.25, 0.3) is 11.3 Å². The van der Waals surface area contributed by atoms with E-state index >= 15 is 0 Å². The lowest BCUT2D eigenvalue weighted by Gasteiger charge is -2.08. The van der Waals surface area contributed by atoms with Gasteiger partial charge in [0.1, 0.15) is 0 Å². The molecule has 0 radical (unpaired) electrons. The van der Waals surface area contributed by atoms with Crippen molar-refractivity contribution in [3.63, 3.8) is 0 Å². The molecule has 17 heavy (non-hydrogen) atoms. The minimum atomic E-state index is 0.961. The molecule has 0 spiro atoms. The molecule has 0 unspecified atom stereocenters. The minimum Gasteiger partial charge on any atom is -0.319 e. The Labute approximate surface area is 110 Å². The zero-order valence-corrected chi connectivity index (χ0v) is 11.7. The highest BCUT2D eigenvalue weighted by molar-refractivity contribution is 9.10. The van der Waals surface area contributed by atoms with E-state index in [0.29, 0.717) is 0 Å². The summed E-state index contributed by atoms with van der Waals surface area (Å²) in [7, 11) is 3.95. The molecule has 0 aliphatic rings. The second-order valence-electron chi connectivity index (χ2n) is 3.98. The quantitative estimate of drug-likeness (QED) is 0.939. The van der Waals surface area contributed by atoms with Gasteiger partial charge in [-0.3, -0.25) is 4.68 Å². The molecule has 0 aliphatic carbocycles. The number of likely N-dealkylation sites (N-methyl/N-ethyl adjacent to an activating group) is 1. The smallest absolute Gasteiger partial charge is 0.0722 e. The van der Waals surface area contributed by atoms with Crippen molar-refractivity contribution in [2.45, 2.75) is 6.42 Å². The second kappa shape index (κ2) is 5.47. The van der Waals surface area contributed by atoms with Crippen LogP contribution in [0.2, 0.25) is 0 Å². The third-order valence-corrected chi connectivity index (χ3v) is 3.48. The molecule has 1 N–H and O–H groups in total. The van der Waals surface area contributed by atoms with Crippen LogP contribution in [-0.4, -0.2) is 23.4 Å². The van der Waals surface area contributed by atoms with Crippen molar-refractivity contribution >= 4 is 15.9 Å². The number of halogens is 1. The lowest BCUT2D eigenvalue weighted by Crippen LogP contribution is -2.10. The van der Waals surface area contributed by atoms with Crippen molar-refractivity contribution < 1.29 is 0 Å². The minimum absolute atomic E-state index is 0.961. The van der Waals surface area contributed by atoms with E-state index in [0.717, 1.165) is 17.4 Å². The molecule has 0 atom stereocenters. The van der Waals surface area contributed by atoms with Crippen molar-refractivity contribution in [2.75, 3.05) is 13.6 Å². The zero-order valence-electron chi connectivity index (χ0n) is 10.1. The number of hydrogen-bond donors (Lipinski definition) is 1. The van der Waals surface area contributed by atoms with Crippen molar-refractivity contribution in [2.24, 2.45) is 7.05 Å². The Morgan fingerprint density at radius 1 is 1.35 bits per heavy atom. The summed E-state index contributed by atoms with van der Waals surface area (Å²) in [6.07, 6.45) is 2.94. The normalized spacial score (nSPS) is 10.8. The van der Waals surface area contributed by atoms with Gasteiger partial charge in [0.25, 0.3) is 0 Å². The molecule has 0 saturated carbocycles.